The summed E-state index contributed by atoms with van der Waals surface area (Å²) in [7, 11) is 0. The van der Waals surface area contributed by atoms with Crippen molar-refractivity contribution in [2.75, 3.05) is 13.1 Å². The van der Waals surface area contributed by atoms with E-state index in [9.17, 15) is 0 Å². The van der Waals surface area contributed by atoms with Crippen LogP contribution in [0.25, 0.3) is 0 Å². The zero-order valence-corrected chi connectivity index (χ0v) is 9.61. The molecule has 15 heavy (non-hydrogen) atoms. The van der Waals surface area contributed by atoms with Crippen LogP contribution in [0.15, 0.2) is 4.99 Å². The molecule has 1 saturated carbocycles. The molecule has 4 nitrogen and oxygen atoms in total. The van der Waals surface area contributed by atoms with Crippen LogP contribution in [0.1, 0.15) is 33.1 Å². The molecule has 0 unspecified atom stereocenters. The summed E-state index contributed by atoms with van der Waals surface area (Å²) in [4.78, 5) is 6.43. The molecule has 1 fully saturated rings. The van der Waals surface area contributed by atoms with Crippen LogP contribution in [0.5, 0.6) is 0 Å². The van der Waals surface area contributed by atoms with E-state index in [1.165, 1.54) is 0 Å². The largest absolute Gasteiger partial charge is 0.370 e. The second kappa shape index (κ2) is 5.59. The molecule has 0 amide bonds. The fourth-order valence-corrected chi connectivity index (χ4v) is 1.40. The van der Waals surface area contributed by atoms with E-state index in [2.05, 4.69) is 24.9 Å². The first kappa shape index (κ1) is 11.8. The molecule has 0 aromatic carbocycles. The van der Waals surface area contributed by atoms with Gasteiger partial charge in [0.2, 0.25) is 0 Å². The number of nitrogens with two attached hydrogens (primary N) is 1. The van der Waals surface area contributed by atoms with E-state index in [4.69, 9.17) is 11.0 Å². The van der Waals surface area contributed by atoms with Crippen LogP contribution in [0.4, 0.5) is 0 Å². The topological polar surface area (TPSA) is 65.4 Å². The van der Waals surface area contributed by atoms with E-state index in [0.717, 1.165) is 19.4 Å². The number of nitrogens with zero attached hydrogens (tertiary/aromatic N) is 3. The Labute approximate surface area is 91.8 Å². The van der Waals surface area contributed by atoms with Crippen LogP contribution in [0.2, 0.25) is 0 Å². The summed E-state index contributed by atoms with van der Waals surface area (Å²) in [6.07, 6.45) is 2.83. The zero-order chi connectivity index (χ0) is 11.3. The highest BCUT2D eigenvalue weighted by atomic mass is 15.3. The van der Waals surface area contributed by atoms with Gasteiger partial charge >= 0.3 is 0 Å². The van der Waals surface area contributed by atoms with Crippen molar-refractivity contribution in [1.82, 2.24) is 4.90 Å². The standard InChI is InChI=1S/C11H20N4/c1-9(2)8-15(7-3-6-12)11(13)14-10-4-5-10/h9-10H,3-5,7-8H2,1-2H3,(H2,13,14). The van der Waals surface area contributed by atoms with Crippen molar-refractivity contribution >= 4 is 5.96 Å². The highest BCUT2D eigenvalue weighted by Crippen LogP contribution is 2.23. The molecule has 0 atom stereocenters. The van der Waals surface area contributed by atoms with E-state index < -0.39 is 0 Å². The lowest BCUT2D eigenvalue weighted by Crippen LogP contribution is -2.40. The maximum atomic E-state index is 8.57. The fraction of sp³-hybridized carbons (Fsp3) is 0.818. The lowest BCUT2D eigenvalue weighted by atomic mass is 10.2. The molecule has 0 aliphatic heterocycles. The molecule has 4 heteroatoms. The van der Waals surface area contributed by atoms with E-state index in [-0.39, 0.29) is 0 Å². The van der Waals surface area contributed by atoms with Gasteiger partial charge in [0.05, 0.1) is 18.5 Å². The fourth-order valence-electron chi connectivity index (χ4n) is 1.40. The maximum Gasteiger partial charge on any atom is 0.191 e. The Balaban J connectivity index is 2.49. The second-order valence-corrected chi connectivity index (χ2v) is 4.47. The molecule has 0 radical (unpaired) electrons. The van der Waals surface area contributed by atoms with Crippen LogP contribution in [0, 0.1) is 17.2 Å². The first-order valence-corrected chi connectivity index (χ1v) is 5.58. The van der Waals surface area contributed by atoms with Gasteiger partial charge in [-0.15, -0.1) is 0 Å². The molecular formula is C11H20N4. The molecule has 0 saturated heterocycles. The van der Waals surface area contributed by atoms with Gasteiger partial charge in [-0.25, -0.2) is 4.99 Å². The number of hydrogen-bond donors (Lipinski definition) is 1. The molecule has 0 bridgehead atoms. The summed E-state index contributed by atoms with van der Waals surface area (Å²) >= 11 is 0. The minimum absolute atomic E-state index is 0.446. The van der Waals surface area contributed by atoms with E-state index in [1.807, 2.05) is 4.90 Å². The normalized spacial score (nSPS) is 16.5. The van der Waals surface area contributed by atoms with Crippen LogP contribution < -0.4 is 5.73 Å². The molecule has 0 heterocycles. The van der Waals surface area contributed by atoms with Crippen molar-refractivity contribution in [3.05, 3.63) is 0 Å². The minimum atomic E-state index is 0.446. The molecule has 1 rings (SSSR count). The van der Waals surface area contributed by atoms with Gasteiger partial charge in [-0.1, -0.05) is 13.8 Å². The maximum absolute atomic E-state index is 8.57. The Morgan fingerprint density at radius 1 is 1.60 bits per heavy atom. The predicted molar refractivity (Wildman–Crippen MR) is 61.3 cm³/mol. The van der Waals surface area contributed by atoms with Gasteiger partial charge in [-0.3, -0.25) is 0 Å². The van der Waals surface area contributed by atoms with Crippen molar-refractivity contribution in [1.29, 1.82) is 5.26 Å². The number of nitriles is 1. The lowest BCUT2D eigenvalue weighted by molar-refractivity contribution is 0.367. The highest BCUT2D eigenvalue weighted by molar-refractivity contribution is 5.78. The molecular weight excluding hydrogens is 188 g/mol. The average Bonchev–Trinajstić information content (AvgIpc) is 2.95. The zero-order valence-electron chi connectivity index (χ0n) is 9.61. The van der Waals surface area contributed by atoms with E-state index >= 15 is 0 Å². The summed E-state index contributed by atoms with van der Waals surface area (Å²) in [6.45, 7) is 5.86. The SMILES string of the molecule is CC(C)CN(CCC#N)C(N)=NC1CC1. The summed E-state index contributed by atoms with van der Waals surface area (Å²) in [5.41, 5.74) is 5.91. The van der Waals surface area contributed by atoms with E-state index in [0.29, 0.717) is 30.9 Å². The second-order valence-electron chi connectivity index (χ2n) is 4.47. The third-order valence-corrected chi connectivity index (χ3v) is 2.26. The summed E-state index contributed by atoms with van der Waals surface area (Å²) < 4.78 is 0. The Morgan fingerprint density at radius 3 is 2.73 bits per heavy atom. The first-order valence-electron chi connectivity index (χ1n) is 5.58. The summed E-state index contributed by atoms with van der Waals surface area (Å²) in [5, 5.41) is 8.57. The van der Waals surface area contributed by atoms with Crippen LogP contribution in [0.3, 0.4) is 0 Å². The Morgan fingerprint density at radius 2 is 2.27 bits per heavy atom. The number of hydrogen-bond acceptors (Lipinski definition) is 2. The molecule has 84 valence electrons. The number of aliphatic imine (C=N–C) groups is 1. The smallest absolute Gasteiger partial charge is 0.191 e. The van der Waals surface area contributed by atoms with Crippen molar-refractivity contribution in [3.63, 3.8) is 0 Å². The van der Waals surface area contributed by atoms with Crippen molar-refractivity contribution in [2.24, 2.45) is 16.6 Å². The summed E-state index contributed by atoms with van der Waals surface area (Å²) in [6, 6.07) is 2.59. The van der Waals surface area contributed by atoms with Gasteiger partial charge in [0, 0.05) is 13.1 Å². The predicted octanol–water partition coefficient (Wildman–Crippen LogP) is 1.34. The van der Waals surface area contributed by atoms with Gasteiger partial charge in [0.25, 0.3) is 0 Å². The third kappa shape index (κ3) is 4.68. The monoisotopic (exact) mass is 208 g/mol. The average molecular weight is 208 g/mol. The summed E-state index contributed by atoms with van der Waals surface area (Å²) in [5.74, 6) is 1.15. The Hall–Kier alpha value is -1.24. The number of rotatable bonds is 5. The lowest BCUT2D eigenvalue weighted by Gasteiger charge is -2.24. The van der Waals surface area contributed by atoms with Gasteiger partial charge in [-0.2, -0.15) is 5.26 Å². The van der Waals surface area contributed by atoms with Gasteiger partial charge in [0.1, 0.15) is 0 Å². The van der Waals surface area contributed by atoms with Crippen molar-refractivity contribution < 1.29 is 0 Å². The van der Waals surface area contributed by atoms with Crippen molar-refractivity contribution in [3.8, 4) is 6.07 Å². The van der Waals surface area contributed by atoms with Crippen LogP contribution >= 0.6 is 0 Å². The highest BCUT2D eigenvalue weighted by Gasteiger charge is 2.22. The van der Waals surface area contributed by atoms with E-state index in [1.54, 1.807) is 0 Å². The van der Waals surface area contributed by atoms with Crippen LogP contribution in [-0.4, -0.2) is 30.0 Å². The molecule has 1 aliphatic carbocycles. The molecule has 0 aromatic heterocycles. The van der Waals surface area contributed by atoms with Crippen molar-refractivity contribution in [2.45, 2.75) is 39.2 Å². The third-order valence-electron chi connectivity index (χ3n) is 2.26. The van der Waals surface area contributed by atoms with Gasteiger partial charge in [0.15, 0.2) is 5.96 Å². The minimum Gasteiger partial charge on any atom is -0.370 e. The van der Waals surface area contributed by atoms with Gasteiger partial charge < -0.3 is 10.6 Å². The molecule has 0 aromatic rings. The van der Waals surface area contributed by atoms with Crippen LogP contribution in [-0.2, 0) is 0 Å². The quantitative estimate of drug-likeness (QED) is 0.547. The Kier molecular flexibility index (Phi) is 4.41. The Bertz CT molecular complexity index is 260. The van der Waals surface area contributed by atoms with Gasteiger partial charge in [-0.05, 0) is 18.8 Å². The molecule has 0 spiro atoms. The molecule has 1 aliphatic rings. The number of guanidine groups is 1. The first-order chi connectivity index (χ1) is 7.13. The molecule has 2 N–H and O–H groups in total.